The molecule has 1 aliphatic rings. The van der Waals surface area contributed by atoms with Crippen molar-refractivity contribution in [2.45, 2.75) is 32.4 Å². The molecule has 0 saturated carbocycles. The molecule has 0 unspecified atom stereocenters. The first kappa shape index (κ1) is 22.5. The van der Waals surface area contributed by atoms with E-state index in [1.165, 1.54) is 18.2 Å². The number of carbonyl (C=O) groups is 2. The first-order chi connectivity index (χ1) is 15.0. The molecular formula is C23H28F2N4O2. The van der Waals surface area contributed by atoms with Gasteiger partial charge in [0.15, 0.2) is 0 Å². The van der Waals surface area contributed by atoms with Crippen molar-refractivity contribution in [2.24, 2.45) is 0 Å². The molecule has 6 nitrogen and oxygen atoms in total. The minimum absolute atomic E-state index is 0.132. The molecule has 166 valence electrons. The summed E-state index contributed by atoms with van der Waals surface area (Å²) in [5, 5.41) is 5.47. The number of piperazine rings is 1. The number of carbonyl (C=O) groups excluding carboxylic acids is 2. The first-order valence-corrected chi connectivity index (χ1v) is 10.5. The number of halogens is 2. The number of anilines is 1. The van der Waals surface area contributed by atoms with Gasteiger partial charge in [-0.1, -0.05) is 37.6 Å². The molecule has 2 aromatic rings. The van der Waals surface area contributed by atoms with E-state index in [9.17, 15) is 18.4 Å². The van der Waals surface area contributed by atoms with Gasteiger partial charge in [0.1, 0.15) is 17.7 Å². The number of nitrogens with one attached hydrogen (secondary N) is 2. The van der Waals surface area contributed by atoms with Crippen LogP contribution in [-0.4, -0.2) is 49.1 Å². The number of amides is 3. The van der Waals surface area contributed by atoms with E-state index < -0.39 is 12.1 Å². The summed E-state index contributed by atoms with van der Waals surface area (Å²) in [5.41, 5.74) is 1.30. The van der Waals surface area contributed by atoms with Gasteiger partial charge in [0, 0.05) is 32.7 Å². The zero-order valence-corrected chi connectivity index (χ0v) is 17.6. The van der Waals surface area contributed by atoms with Crippen molar-refractivity contribution in [3.8, 4) is 0 Å². The second-order valence-corrected chi connectivity index (χ2v) is 7.56. The fourth-order valence-electron chi connectivity index (χ4n) is 3.64. The topological polar surface area (TPSA) is 64.7 Å². The number of hydrogen-bond acceptors (Lipinski definition) is 3. The minimum atomic E-state index is -0.627. The van der Waals surface area contributed by atoms with Gasteiger partial charge in [0.25, 0.3) is 0 Å². The molecule has 0 spiro atoms. The number of nitrogens with zero attached hydrogens (tertiary/aromatic N) is 2. The summed E-state index contributed by atoms with van der Waals surface area (Å²) in [6, 6.07) is 11.4. The quantitative estimate of drug-likeness (QED) is 0.709. The molecule has 31 heavy (non-hydrogen) atoms. The van der Waals surface area contributed by atoms with E-state index in [1.54, 1.807) is 35.2 Å². The van der Waals surface area contributed by atoms with Crippen LogP contribution in [0.5, 0.6) is 0 Å². The smallest absolute Gasteiger partial charge is 0.315 e. The van der Waals surface area contributed by atoms with Crippen LogP contribution in [-0.2, 0) is 11.3 Å². The summed E-state index contributed by atoms with van der Waals surface area (Å²) >= 11 is 0. The highest BCUT2D eigenvalue weighted by atomic mass is 19.1. The van der Waals surface area contributed by atoms with Crippen LogP contribution >= 0.6 is 0 Å². The summed E-state index contributed by atoms with van der Waals surface area (Å²) in [5.74, 6) is -0.741. The monoisotopic (exact) mass is 430 g/mol. The molecule has 3 amide bonds. The minimum Gasteiger partial charge on any atom is -0.366 e. The van der Waals surface area contributed by atoms with Gasteiger partial charge < -0.3 is 20.4 Å². The van der Waals surface area contributed by atoms with Gasteiger partial charge in [0.2, 0.25) is 5.91 Å². The van der Waals surface area contributed by atoms with Crippen molar-refractivity contribution in [1.29, 1.82) is 0 Å². The van der Waals surface area contributed by atoms with Crippen molar-refractivity contribution in [3.05, 3.63) is 65.7 Å². The number of hydrogen-bond donors (Lipinski definition) is 2. The molecule has 0 radical (unpaired) electrons. The number of para-hydroxylation sites is 1. The highest BCUT2D eigenvalue weighted by Gasteiger charge is 2.28. The Bertz CT molecular complexity index is 883. The molecule has 2 aromatic carbocycles. The molecule has 1 aliphatic heterocycles. The molecule has 0 aliphatic carbocycles. The third-order valence-corrected chi connectivity index (χ3v) is 5.33. The van der Waals surface area contributed by atoms with E-state index >= 15 is 0 Å². The van der Waals surface area contributed by atoms with Crippen LogP contribution in [0.2, 0.25) is 0 Å². The van der Waals surface area contributed by atoms with Crippen LogP contribution in [0.1, 0.15) is 25.3 Å². The Morgan fingerprint density at radius 1 is 1.00 bits per heavy atom. The molecule has 2 N–H and O–H groups in total. The fraction of sp³-hybridized carbons (Fsp3) is 0.391. The largest absolute Gasteiger partial charge is 0.366 e. The molecule has 8 heteroatoms. The summed E-state index contributed by atoms with van der Waals surface area (Å²) in [6.45, 7) is 4.18. The predicted octanol–water partition coefficient (Wildman–Crippen LogP) is 3.28. The molecule has 1 atom stereocenters. The maximum absolute atomic E-state index is 14.0. The SMILES string of the molecule is CCC[C@H](NC(=O)NCc1ccc(F)cc1)C(=O)N1CCN(c2ccccc2F)CC1. The van der Waals surface area contributed by atoms with E-state index in [0.29, 0.717) is 38.3 Å². The second kappa shape index (κ2) is 10.7. The Kier molecular flexibility index (Phi) is 7.81. The van der Waals surface area contributed by atoms with Crippen molar-refractivity contribution >= 4 is 17.6 Å². The Balaban J connectivity index is 1.52. The number of benzene rings is 2. The Morgan fingerprint density at radius 3 is 2.32 bits per heavy atom. The van der Waals surface area contributed by atoms with E-state index in [1.807, 2.05) is 11.8 Å². The van der Waals surface area contributed by atoms with Gasteiger partial charge in [-0.2, -0.15) is 0 Å². The predicted molar refractivity (Wildman–Crippen MR) is 116 cm³/mol. The normalized spacial score (nSPS) is 14.8. The standard InChI is InChI=1S/C23H28F2N4O2/c1-2-5-20(27-23(31)26-16-17-8-10-18(24)11-9-17)22(30)29-14-12-28(13-15-29)21-7-4-3-6-19(21)25/h3-4,6-11,20H,2,5,12-16H2,1H3,(H2,26,27,31)/t20-/m0/s1. The van der Waals surface area contributed by atoms with E-state index in [0.717, 1.165) is 12.0 Å². The molecule has 3 rings (SSSR count). The van der Waals surface area contributed by atoms with Crippen LogP contribution in [0.3, 0.4) is 0 Å². The van der Waals surface area contributed by atoms with E-state index in [2.05, 4.69) is 10.6 Å². The van der Waals surface area contributed by atoms with Crippen LogP contribution in [0, 0.1) is 11.6 Å². The summed E-state index contributed by atoms with van der Waals surface area (Å²) in [7, 11) is 0. The van der Waals surface area contributed by atoms with Gasteiger partial charge in [0.05, 0.1) is 5.69 Å². The maximum atomic E-state index is 14.0. The van der Waals surface area contributed by atoms with Gasteiger partial charge >= 0.3 is 6.03 Å². The highest BCUT2D eigenvalue weighted by molar-refractivity contribution is 5.87. The Hall–Kier alpha value is -3.16. The van der Waals surface area contributed by atoms with Crippen molar-refractivity contribution in [1.82, 2.24) is 15.5 Å². The second-order valence-electron chi connectivity index (χ2n) is 7.56. The average Bonchev–Trinajstić information content (AvgIpc) is 2.78. The van der Waals surface area contributed by atoms with Crippen molar-refractivity contribution < 1.29 is 18.4 Å². The lowest BCUT2D eigenvalue weighted by atomic mass is 10.1. The summed E-state index contributed by atoms with van der Waals surface area (Å²) in [4.78, 5) is 29.0. The van der Waals surface area contributed by atoms with Gasteiger partial charge in [-0.05, 0) is 36.2 Å². The number of rotatable bonds is 7. The molecular weight excluding hydrogens is 402 g/mol. The first-order valence-electron chi connectivity index (χ1n) is 10.5. The average molecular weight is 430 g/mol. The highest BCUT2D eigenvalue weighted by Crippen LogP contribution is 2.20. The van der Waals surface area contributed by atoms with E-state index in [4.69, 9.17) is 0 Å². The Morgan fingerprint density at radius 2 is 1.68 bits per heavy atom. The Labute approximate surface area is 181 Å². The maximum Gasteiger partial charge on any atom is 0.315 e. The lowest BCUT2D eigenvalue weighted by Crippen LogP contribution is -2.56. The van der Waals surface area contributed by atoms with Crippen LogP contribution in [0.25, 0.3) is 0 Å². The van der Waals surface area contributed by atoms with Crippen LogP contribution in [0.4, 0.5) is 19.3 Å². The zero-order valence-electron chi connectivity index (χ0n) is 17.6. The van der Waals surface area contributed by atoms with Gasteiger partial charge in [-0.3, -0.25) is 4.79 Å². The van der Waals surface area contributed by atoms with Crippen LogP contribution in [0.15, 0.2) is 48.5 Å². The molecule has 1 fully saturated rings. The van der Waals surface area contributed by atoms with Crippen molar-refractivity contribution in [2.75, 3.05) is 31.1 Å². The molecule has 0 aromatic heterocycles. The van der Waals surface area contributed by atoms with Gasteiger partial charge in [-0.15, -0.1) is 0 Å². The molecule has 1 heterocycles. The summed E-state index contributed by atoms with van der Waals surface area (Å²) < 4.78 is 27.0. The zero-order chi connectivity index (χ0) is 22.2. The third kappa shape index (κ3) is 6.16. The van der Waals surface area contributed by atoms with Crippen LogP contribution < -0.4 is 15.5 Å². The van der Waals surface area contributed by atoms with E-state index in [-0.39, 0.29) is 24.1 Å². The third-order valence-electron chi connectivity index (χ3n) is 5.33. The lowest BCUT2D eigenvalue weighted by molar-refractivity contribution is -0.133. The lowest BCUT2D eigenvalue weighted by Gasteiger charge is -2.37. The summed E-state index contributed by atoms with van der Waals surface area (Å²) in [6.07, 6.45) is 1.26. The van der Waals surface area contributed by atoms with Gasteiger partial charge in [-0.25, -0.2) is 13.6 Å². The molecule has 1 saturated heterocycles. The molecule has 0 bridgehead atoms. The fourth-order valence-corrected chi connectivity index (χ4v) is 3.64. The number of urea groups is 1. The van der Waals surface area contributed by atoms with Crippen molar-refractivity contribution in [3.63, 3.8) is 0 Å².